The van der Waals surface area contributed by atoms with Gasteiger partial charge in [-0.05, 0) is 60.7 Å². The Morgan fingerprint density at radius 1 is 0.951 bits per heavy atom. The first-order valence-corrected chi connectivity index (χ1v) is 12.7. The van der Waals surface area contributed by atoms with Crippen molar-refractivity contribution in [1.29, 1.82) is 5.26 Å². The molecule has 206 valence electrons. The number of nitrogens with one attached hydrogen (secondary N) is 2. The Morgan fingerprint density at radius 2 is 1.66 bits per heavy atom. The van der Waals surface area contributed by atoms with Gasteiger partial charge in [-0.3, -0.25) is 9.59 Å². The van der Waals surface area contributed by atoms with Crippen LogP contribution in [0.3, 0.4) is 0 Å². The molecule has 0 atom stereocenters. The third-order valence-electron chi connectivity index (χ3n) is 7.27. The summed E-state index contributed by atoms with van der Waals surface area (Å²) in [6.07, 6.45) is -4.56. The molecule has 9 nitrogen and oxygen atoms in total. The van der Waals surface area contributed by atoms with Crippen LogP contribution < -0.4 is 16.2 Å². The highest BCUT2D eigenvalue weighted by Gasteiger charge is 2.31. The van der Waals surface area contributed by atoms with E-state index in [2.05, 4.69) is 25.9 Å². The molecule has 0 aliphatic carbocycles. The Labute approximate surface area is 230 Å². The van der Waals surface area contributed by atoms with E-state index in [-0.39, 0.29) is 34.0 Å². The van der Waals surface area contributed by atoms with E-state index in [9.17, 15) is 22.8 Å². The van der Waals surface area contributed by atoms with Crippen molar-refractivity contribution in [2.45, 2.75) is 6.18 Å². The highest BCUT2D eigenvalue weighted by atomic mass is 19.4. The normalized spacial score (nSPS) is 14.0. The molecule has 1 amide bonds. The van der Waals surface area contributed by atoms with Gasteiger partial charge in [-0.15, -0.1) is 0 Å². The number of benzene rings is 3. The van der Waals surface area contributed by atoms with Crippen molar-refractivity contribution in [3.05, 3.63) is 87.7 Å². The lowest BCUT2D eigenvalue weighted by molar-refractivity contribution is -0.137. The quantitative estimate of drug-likeness (QED) is 0.299. The topological polar surface area (TPSA) is 135 Å². The molecule has 1 aliphatic rings. The van der Waals surface area contributed by atoms with Gasteiger partial charge in [-0.25, -0.2) is 4.98 Å². The summed E-state index contributed by atoms with van der Waals surface area (Å²) in [7, 11) is 0. The lowest BCUT2D eigenvalue weighted by atomic mass is 10.1. The van der Waals surface area contributed by atoms with Gasteiger partial charge in [-0.2, -0.15) is 18.4 Å². The second-order valence-corrected chi connectivity index (χ2v) is 9.76. The van der Waals surface area contributed by atoms with Gasteiger partial charge in [0.2, 0.25) is 0 Å². The molecular formula is C29H22F3N7O2. The number of carbonyl (C=O) groups excluding carboxylic acids is 1. The number of fused-ring (bicyclic) bond motifs is 2. The van der Waals surface area contributed by atoms with E-state index in [1.165, 1.54) is 0 Å². The molecule has 1 fully saturated rings. The lowest BCUT2D eigenvalue weighted by Crippen LogP contribution is -2.48. The van der Waals surface area contributed by atoms with E-state index >= 15 is 0 Å². The van der Waals surface area contributed by atoms with Crippen LogP contribution in [0.1, 0.15) is 21.5 Å². The van der Waals surface area contributed by atoms with Crippen LogP contribution in [0.4, 0.5) is 24.5 Å². The van der Waals surface area contributed by atoms with Gasteiger partial charge in [-0.1, -0.05) is 0 Å². The van der Waals surface area contributed by atoms with Gasteiger partial charge < -0.3 is 25.5 Å². The van der Waals surface area contributed by atoms with Gasteiger partial charge in [0.1, 0.15) is 0 Å². The smallest absolute Gasteiger partial charge is 0.396 e. The zero-order chi connectivity index (χ0) is 28.9. The highest BCUT2D eigenvalue weighted by molar-refractivity contribution is 6.04. The maximum atomic E-state index is 13.3. The molecule has 5 aromatic rings. The second kappa shape index (κ2) is 9.71. The Kier molecular flexibility index (Phi) is 6.14. The van der Waals surface area contributed by atoms with Gasteiger partial charge in [0.25, 0.3) is 11.5 Å². The Balaban J connectivity index is 1.26. The number of rotatable bonds is 3. The minimum atomic E-state index is -4.56. The number of nitriles is 1. The standard InChI is InChI=1S/C29H22F3N7O2/c30-29(31,32)18-4-8-22-23(14-18)36-26(27(40)37-22)25-24(34)20-13-17(3-7-21(20)35-25)28(41)39-11-9-38(10-12-39)19-5-1-16(15-33)2-6-19/h1-8,13-14,35H,9-12,34H2,(H,37,40). The first-order valence-electron chi connectivity index (χ1n) is 12.7. The molecule has 1 saturated heterocycles. The predicted octanol–water partition coefficient (Wildman–Crippen LogP) is 4.51. The van der Waals surface area contributed by atoms with Crippen LogP contribution in [0.2, 0.25) is 0 Å². The van der Waals surface area contributed by atoms with Crippen molar-refractivity contribution in [2.24, 2.45) is 0 Å². The molecule has 1 aliphatic heterocycles. The maximum absolute atomic E-state index is 13.3. The van der Waals surface area contributed by atoms with Crippen LogP contribution >= 0.6 is 0 Å². The number of aromatic amines is 2. The van der Waals surface area contributed by atoms with Crippen LogP contribution in [0, 0.1) is 11.3 Å². The molecule has 0 radical (unpaired) electrons. The van der Waals surface area contributed by atoms with E-state index in [1.807, 2.05) is 12.1 Å². The van der Waals surface area contributed by atoms with Crippen LogP contribution in [0.15, 0.2) is 65.5 Å². The summed E-state index contributed by atoms with van der Waals surface area (Å²) in [6.45, 7) is 2.26. The summed E-state index contributed by atoms with van der Waals surface area (Å²) >= 11 is 0. The average molecular weight is 558 g/mol. The number of nitrogens with two attached hydrogens (primary N) is 1. The Hall–Kier alpha value is -5.31. The van der Waals surface area contributed by atoms with E-state index < -0.39 is 17.3 Å². The van der Waals surface area contributed by atoms with Crippen LogP contribution in [0.5, 0.6) is 0 Å². The number of nitrogens with zero attached hydrogens (tertiary/aromatic N) is 4. The van der Waals surface area contributed by atoms with E-state index in [4.69, 9.17) is 11.0 Å². The van der Waals surface area contributed by atoms with Crippen molar-refractivity contribution in [3.63, 3.8) is 0 Å². The number of hydrogen-bond acceptors (Lipinski definition) is 6. The first-order chi connectivity index (χ1) is 19.6. The number of anilines is 2. The number of hydrogen-bond donors (Lipinski definition) is 3. The maximum Gasteiger partial charge on any atom is 0.416 e. The minimum Gasteiger partial charge on any atom is -0.396 e. The fourth-order valence-corrected chi connectivity index (χ4v) is 5.06. The van der Waals surface area contributed by atoms with Crippen molar-refractivity contribution in [3.8, 4) is 17.5 Å². The van der Waals surface area contributed by atoms with E-state index in [0.29, 0.717) is 48.2 Å². The van der Waals surface area contributed by atoms with Crippen molar-refractivity contribution in [2.75, 3.05) is 36.8 Å². The van der Waals surface area contributed by atoms with Crippen LogP contribution in [-0.2, 0) is 6.18 Å². The zero-order valence-corrected chi connectivity index (χ0v) is 21.4. The third kappa shape index (κ3) is 4.71. The molecule has 0 spiro atoms. The Bertz CT molecular complexity index is 1910. The first kappa shape index (κ1) is 25.9. The molecular weight excluding hydrogens is 535 g/mol. The van der Waals surface area contributed by atoms with Crippen molar-refractivity contribution in [1.82, 2.24) is 19.9 Å². The number of halogens is 3. The average Bonchev–Trinajstić information content (AvgIpc) is 3.31. The molecule has 4 N–H and O–H groups in total. The predicted molar refractivity (Wildman–Crippen MR) is 148 cm³/mol. The summed E-state index contributed by atoms with van der Waals surface area (Å²) in [5.74, 6) is -0.171. The van der Waals surface area contributed by atoms with Gasteiger partial charge >= 0.3 is 6.18 Å². The van der Waals surface area contributed by atoms with E-state index in [1.54, 1.807) is 35.2 Å². The van der Waals surface area contributed by atoms with E-state index in [0.717, 1.165) is 23.9 Å². The largest absolute Gasteiger partial charge is 0.416 e. The molecule has 2 aromatic heterocycles. The number of H-pyrrole nitrogens is 2. The summed E-state index contributed by atoms with van der Waals surface area (Å²) < 4.78 is 39.6. The number of amides is 1. The Morgan fingerprint density at radius 3 is 2.34 bits per heavy atom. The van der Waals surface area contributed by atoms with Crippen molar-refractivity contribution >= 4 is 39.2 Å². The second-order valence-electron chi connectivity index (χ2n) is 9.76. The highest BCUT2D eigenvalue weighted by Crippen LogP contribution is 2.33. The molecule has 0 unspecified atom stereocenters. The molecule has 0 saturated carbocycles. The molecule has 3 heterocycles. The number of carbonyl (C=O) groups is 1. The van der Waals surface area contributed by atoms with Gasteiger partial charge in [0.05, 0.1) is 39.6 Å². The molecule has 6 rings (SSSR count). The van der Waals surface area contributed by atoms with Crippen LogP contribution in [0.25, 0.3) is 33.3 Å². The van der Waals surface area contributed by atoms with Gasteiger partial charge in [0, 0.05) is 48.3 Å². The zero-order valence-electron chi connectivity index (χ0n) is 21.4. The monoisotopic (exact) mass is 557 g/mol. The van der Waals surface area contributed by atoms with Gasteiger partial charge in [0.15, 0.2) is 5.69 Å². The molecule has 41 heavy (non-hydrogen) atoms. The fraction of sp³-hybridized carbons (Fsp3) is 0.172. The SMILES string of the molecule is N#Cc1ccc(N2CCN(C(=O)c3ccc4[nH]c(-c5nc6cc(C(F)(F)F)ccc6[nH]c5=O)c(N)c4c3)CC2)cc1. The number of nitrogen functional groups attached to an aromatic ring is 1. The summed E-state index contributed by atoms with van der Waals surface area (Å²) in [5.41, 5.74) is 7.68. The number of alkyl halides is 3. The van der Waals surface area contributed by atoms with Crippen LogP contribution in [-0.4, -0.2) is 51.9 Å². The van der Waals surface area contributed by atoms with Crippen molar-refractivity contribution < 1.29 is 18.0 Å². The number of piperazine rings is 1. The summed E-state index contributed by atoms with van der Waals surface area (Å²) in [5, 5.41) is 9.49. The molecule has 0 bridgehead atoms. The molecule has 12 heteroatoms. The summed E-state index contributed by atoms with van der Waals surface area (Å²) in [4.78, 5) is 39.8. The molecule has 3 aromatic carbocycles. The lowest BCUT2D eigenvalue weighted by Gasteiger charge is -2.36. The number of aromatic nitrogens is 3. The third-order valence-corrected chi connectivity index (χ3v) is 7.27. The minimum absolute atomic E-state index is 0.0384. The fourth-order valence-electron chi connectivity index (χ4n) is 5.06. The summed E-state index contributed by atoms with van der Waals surface area (Å²) in [6, 6.07) is 17.3.